The van der Waals surface area contributed by atoms with Gasteiger partial charge in [0.25, 0.3) is 5.78 Å². The number of rotatable bonds is 2. The van der Waals surface area contributed by atoms with Crippen molar-refractivity contribution >= 4 is 11.7 Å². The second-order valence-electron chi connectivity index (χ2n) is 1.91. The number of hydrogen-bond donors (Lipinski definition) is 0. The highest BCUT2D eigenvalue weighted by Crippen LogP contribution is 2.06. The van der Waals surface area contributed by atoms with Gasteiger partial charge in [-0.2, -0.15) is 5.10 Å². The van der Waals surface area contributed by atoms with Crippen LogP contribution in [0.5, 0.6) is 0 Å². The maximum Gasteiger partial charge on any atom is 0.265 e. The SMILES string of the molecule is O=[N+]([O-])[N-]c1nnc2nncn2n1. The van der Waals surface area contributed by atoms with Gasteiger partial charge in [-0.25, -0.2) is 14.6 Å². The van der Waals surface area contributed by atoms with Gasteiger partial charge in [-0.1, -0.05) is 5.43 Å². The van der Waals surface area contributed by atoms with Crippen molar-refractivity contribution in [3.63, 3.8) is 0 Å². The molecule has 2 aromatic heterocycles. The van der Waals surface area contributed by atoms with Gasteiger partial charge < -0.3 is 0 Å². The summed E-state index contributed by atoms with van der Waals surface area (Å²) in [4.78, 5) is 9.93. The number of nitrogens with zero attached hydrogens (tertiary/aromatic N) is 8. The van der Waals surface area contributed by atoms with Crippen LogP contribution in [0.3, 0.4) is 0 Å². The maximum atomic E-state index is 9.93. The fourth-order valence-electron chi connectivity index (χ4n) is 0.679. The first-order chi connectivity index (χ1) is 6.25. The Morgan fingerprint density at radius 1 is 1.46 bits per heavy atom. The fourth-order valence-corrected chi connectivity index (χ4v) is 0.679. The molecule has 0 aliphatic heterocycles. The third-order valence-corrected chi connectivity index (χ3v) is 1.11. The van der Waals surface area contributed by atoms with E-state index in [2.05, 4.69) is 30.9 Å². The first-order valence-electron chi connectivity index (χ1n) is 3.02. The van der Waals surface area contributed by atoms with Gasteiger partial charge >= 0.3 is 0 Å². The molecule has 0 saturated carbocycles. The highest BCUT2D eigenvalue weighted by atomic mass is 16.7. The number of nitro groups is 1. The summed E-state index contributed by atoms with van der Waals surface area (Å²) in [5.41, 5.74) is 2.85. The molecule has 0 atom stereocenters. The Morgan fingerprint density at radius 2 is 2.31 bits per heavy atom. The quantitative estimate of drug-likeness (QED) is 0.434. The summed E-state index contributed by atoms with van der Waals surface area (Å²) in [6.07, 6.45) is 1.24. The Labute approximate surface area is 69.7 Å². The molecule has 0 saturated heterocycles. The predicted octanol–water partition coefficient (Wildman–Crippen LogP) is -0.889. The van der Waals surface area contributed by atoms with E-state index < -0.39 is 5.03 Å². The van der Waals surface area contributed by atoms with E-state index in [4.69, 9.17) is 0 Å². The van der Waals surface area contributed by atoms with Crippen molar-refractivity contribution < 1.29 is 5.03 Å². The molecule has 66 valence electrons. The Bertz CT molecular complexity index is 449. The van der Waals surface area contributed by atoms with Crippen LogP contribution in [0.25, 0.3) is 11.2 Å². The van der Waals surface area contributed by atoms with Gasteiger partial charge in [0.2, 0.25) is 0 Å². The molecule has 2 heterocycles. The van der Waals surface area contributed by atoms with Crippen LogP contribution in [0.1, 0.15) is 0 Å². The topological polar surface area (TPSA) is 126 Å². The van der Waals surface area contributed by atoms with Crippen LogP contribution in [-0.2, 0) is 0 Å². The first-order valence-corrected chi connectivity index (χ1v) is 3.02. The van der Waals surface area contributed by atoms with Gasteiger partial charge in [0.05, 0.1) is 0 Å². The molecule has 10 heteroatoms. The third-order valence-electron chi connectivity index (χ3n) is 1.11. The zero-order chi connectivity index (χ0) is 9.26. The molecule has 0 aliphatic carbocycles. The highest BCUT2D eigenvalue weighted by molar-refractivity contribution is 5.27. The van der Waals surface area contributed by atoms with Crippen molar-refractivity contribution in [2.75, 3.05) is 0 Å². The smallest absolute Gasteiger partial charge is 0.265 e. The second-order valence-corrected chi connectivity index (χ2v) is 1.91. The number of fused-ring (bicyclic) bond motifs is 1. The Morgan fingerprint density at radius 3 is 3.08 bits per heavy atom. The normalized spacial score (nSPS) is 10.2. The van der Waals surface area contributed by atoms with E-state index in [1.54, 1.807) is 0 Å². The third kappa shape index (κ3) is 1.31. The lowest BCUT2D eigenvalue weighted by Gasteiger charge is -2.01. The summed E-state index contributed by atoms with van der Waals surface area (Å²) in [5.74, 6) is -0.195. The summed E-state index contributed by atoms with van der Waals surface area (Å²) in [6, 6.07) is 0. The lowest BCUT2D eigenvalue weighted by Crippen LogP contribution is -1.99. The summed E-state index contributed by atoms with van der Waals surface area (Å²) in [5, 5.41) is 26.4. The molecule has 13 heavy (non-hydrogen) atoms. The largest absolute Gasteiger partial charge is 0.279 e. The van der Waals surface area contributed by atoms with Crippen molar-refractivity contribution in [3.05, 3.63) is 21.9 Å². The predicted molar refractivity (Wildman–Crippen MR) is 36.4 cm³/mol. The number of hydrogen-bond acceptors (Lipinski definition) is 7. The van der Waals surface area contributed by atoms with Crippen molar-refractivity contribution in [1.82, 2.24) is 30.0 Å². The van der Waals surface area contributed by atoms with Gasteiger partial charge in [0, 0.05) is 0 Å². The zero-order valence-electron chi connectivity index (χ0n) is 5.97. The Balaban J connectivity index is 2.42. The Hall–Kier alpha value is -2.39. The van der Waals surface area contributed by atoms with Crippen LogP contribution in [0.2, 0.25) is 0 Å². The van der Waals surface area contributed by atoms with Crippen LogP contribution in [-0.4, -0.2) is 35.0 Å². The molecular weight excluding hydrogens is 180 g/mol. The van der Waals surface area contributed by atoms with Crippen molar-refractivity contribution in [3.8, 4) is 0 Å². The second kappa shape index (κ2) is 2.58. The fraction of sp³-hybridized carbons (Fsp3) is 0. The molecule has 0 bridgehead atoms. The molecule has 0 unspecified atom stereocenters. The number of aromatic nitrogens is 6. The van der Waals surface area contributed by atoms with Crippen LogP contribution >= 0.6 is 0 Å². The van der Waals surface area contributed by atoms with Gasteiger partial charge in [-0.05, 0) is 0 Å². The lowest BCUT2D eigenvalue weighted by atomic mass is 11.0. The monoisotopic (exact) mass is 181 g/mol. The van der Waals surface area contributed by atoms with Gasteiger partial charge in [0.15, 0.2) is 0 Å². The maximum absolute atomic E-state index is 9.93. The Kier molecular flexibility index (Phi) is 1.44. The summed E-state index contributed by atoms with van der Waals surface area (Å²) < 4.78 is 1.13. The van der Waals surface area contributed by atoms with E-state index in [0.29, 0.717) is 0 Å². The minimum absolute atomic E-state index is 0.155. The molecule has 0 fully saturated rings. The van der Waals surface area contributed by atoms with E-state index in [1.165, 1.54) is 6.33 Å². The van der Waals surface area contributed by atoms with Crippen molar-refractivity contribution in [1.29, 1.82) is 0 Å². The minimum Gasteiger partial charge on any atom is -0.279 e. The molecule has 0 spiro atoms. The molecule has 0 radical (unpaired) electrons. The van der Waals surface area contributed by atoms with Gasteiger partial charge in [-0.15, -0.1) is 10.2 Å². The molecule has 0 aromatic carbocycles. The molecule has 0 aliphatic rings. The highest BCUT2D eigenvalue weighted by Gasteiger charge is 1.97. The summed E-state index contributed by atoms with van der Waals surface area (Å²) in [6.45, 7) is 0. The van der Waals surface area contributed by atoms with Crippen LogP contribution in [0, 0.1) is 10.1 Å². The average molecular weight is 181 g/mol. The van der Waals surface area contributed by atoms with E-state index in [0.717, 1.165) is 4.52 Å². The zero-order valence-corrected chi connectivity index (χ0v) is 5.97. The van der Waals surface area contributed by atoms with E-state index in [1.807, 2.05) is 0 Å². The van der Waals surface area contributed by atoms with Gasteiger partial charge in [-0.3, -0.25) is 10.2 Å². The van der Waals surface area contributed by atoms with E-state index in [-0.39, 0.29) is 11.7 Å². The minimum atomic E-state index is -0.910. The molecule has 2 rings (SSSR count). The lowest BCUT2D eigenvalue weighted by molar-refractivity contribution is -0.419. The van der Waals surface area contributed by atoms with Crippen molar-refractivity contribution in [2.24, 2.45) is 0 Å². The average Bonchev–Trinajstić information content (AvgIpc) is 2.49. The molecule has 10 nitrogen and oxygen atoms in total. The van der Waals surface area contributed by atoms with Crippen LogP contribution in [0.15, 0.2) is 6.33 Å². The van der Waals surface area contributed by atoms with E-state index >= 15 is 0 Å². The van der Waals surface area contributed by atoms with E-state index in [9.17, 15) is 10.1 Å². The molecular formula is C3HN8O2-. The molecule has 2 aromatic rings. The van der Waals surface area contributed by atoms with Crippen LogP contribution < -0.4 is 0 Å². The van der Waals surface area contributed by atoms with Crippen LogP contribution in [0.4, 0.5) is 5.95 Å². The summed E-state index contributed by atoms with van der Waals surface area (Å²) >= 11 is 0. The standard InChI is InChI=1S/C3HN8O2/c12-11(13)9-2-5-7-3-6-4-1-10(3)8-2/h1H/q-1. The first kappa shape index (κ1) is 7.27. The summed E-state index contributed by atoms with van der Waals surface area (Å²) in [7, 11) is 0. The van der Waals surface area contributed by atoms with Crippen molar-refractivity contribution in [2.45, 2.75) is 0 Å². The molecule has 0 N–H and O–H groups in total. The molecule has 0 amide bonds. The van der Waals surface area contributed by atoms with Gasteiger partial charge in [0.1, 0.15) is 17.3 Å².